The SMILES string of the molecule is Clc1ccc2cc(OCc3ccccc3)ccc2n1. The lowest BCUT2D eigenvalue weighted by Gasteiger charge is -2.07. The first-order valence-corrected chi connectivity index (χ1v) is 6.42. The first-order valence-electron chi connectivity index (χ1n) is 6.04. The quantitative estimate of drug-likeness (QED) is 0.655. The smallest absolute Gasteiger partial charge is 0.129 e. The summed E-state index contributed by atoms with van der Waals surface area (Å²) in [6.07, 6.45) is 0. The molecule has 2 aromatic carbocycles. The second-order valence-electron chi connectivity index (χ2n) is 4.26. The Morgan fingerprint density at radius 2 is 1.79 bits per heavy atom. The van der Waals surface area contributed by atoms with Crippen molar-refractivity contribution >= 4 is 22.5 Å². The molecule has 0 aliphatic rings. The summed E-state index contributed by atoms with van der Waals surface area (Å²) in [5.41, 5.74) is 2.02. The van der Waals surface area contributed by atoms with Gasteiger partial charge < -0.3 is 4.74 Å². The van der Waals surface area contributed by atoms with Crippen molar-refractivity contribution in [2.45, 2.75) is 6.61 Å². The van der Waals surface area contributed by atoms with E-state index in [0.717, 1.165) is 22.2 Å². The highest BCUT2D eigenvalue weighted by Crippen LogP contribution is 2.21. The molecule has 0 unspecified atom stereocenters. The molecule has 3 heteroatoms. The van der Waals surface area contributed by atoms with Gasteiger partial charge in [0.05, 0.1) is 5.52 Å². The number of nitrogens with zero attached hydrogens (tertiary/aromatic N) is 1. The van der Waals surface area contributed by atoms with Gasteiger partial charge in [0.15, 0.2) is 0 Å². The Bertz CT molecular complexity index is 697. The van der Waals surface area contributed by atoms with Crippen LogP contribution in [-0.2, 0) is 6.61 Å². The van der Waals surface area contributed by atoms with Crippen LogP contribution in [0.4, 0.5) is 0 Å². The van der Waals surface area contributed by atoms with Crippen molar-refractivity contribution in [2.24, 2.45) is 0 Å². The number of hydrogen-bond acceptors (Lipinski definition) is 2. The van der Waals surface area contributed by atoms with Crippen LogP contribution in [0.3, 0.4) is 0 Å². The summed E-state index contributed by atoms with van der Waals surface area (Å²) in [5.74, 6) is 0.834. The molecule has 0 saturated carbocycles. The molecular weight excluding hydrogens is 258 g/mol. The standard InChI is InChI=1S/C16H12ClNO/c17-16-9-6-13-10-14(7-8-15(13)18-16)19-11-12-4-2-1-3-5-12/h1-10H,11H2. The lowest BCUT2D eigenvalue weighted by atomic mass is 10.2. The maximum atomic E-state index is 5.86. The van der Waals surface area contributed by atoms with Crippen molar-refractivity contribution in [1.29, 1.82) is 0 Å². The van der Waals surface area contributed by atoms with Gasteiger partial charge in [-0.15, -0.1) is 0 Å². The highest BCUT2D eigenvalue weighted by molar-refractivity contribution is 6.29. The zero-order valence-corrected chi connectivity index (χ0v) is 11.0. The minimum Gasteiger partial charge on any atom is -0.489 e. The van der Waals surface area contributed by atoms with Crippen molar-refractivity contribution in [3.05, 3.63) is 71.4 Å². The molecule has 1 heterocycles. The van der Waals surface area contributed by atoms with Gasteiger partial charge in [-0.25, -0.2) is 4.98 Å². The van der Waals surface area contributed by atoms with Crippen LogP contribution < -0.4 is 4.74 Å². The topological polar surface area (TPSA) is 22.1 Å². The van der Waals surface area contributed by atoms with Gasteiger partial charge in [-0.1, -0.05) is 41.9 Å². The average Bonchev–Trinajstić information content (AvgIpc) is 2.46. The molecule has 0 saturated heterocycles. The van der Waals surface area contributed by atoms with Gasteiger partial charge in [-0.05, 0) is 35.9 Å². The van der Waals surface area contributed by atoms with Crippen LogP contribution >= 0.6 is 11.6 Å². The molecule has 0 N–H and O–H groups in total. The van der Waals surface area contributed by atoms with E-state index in [4.69, 9.17) is 16.3 Å². The Kier molecular flexibility index (Phi) is 3.34. The molecule has 0 spiro atoms. The summed E-state index contributed by atoms with van der Waals surface area (Å²) in [4.78, 5) is 4.24. The van der Waals surface area contributed by atoms with E-state index in [0.29, 0.717) is 11.8 Å². The van der Waals surface area contributed by atoms with Crippen molar-refractivity contribution in [3.8, 4) is 5.75 Å². The maximum absolute atomic E-state index is 5.86. The largest absolute Gasteiger partial charge is 0.489 e. The fraction of sp³-hybridized carbons (Fsp3) is 0.0625. The minimum atomic E-state index is 0.505. The Labute approximate surface area is 116 Å². The predicted molar refractivity (Wildman–Crippen MR) is 77.5 cm³/mol. The summed E-state index contributed by atoms with van der Waals surface area (Å²) in [6, 6.07) is 19.6. The Morgan fingerprint density at radius 1 is 0.947 bits per heavy atom. The van der Waals surface area contributed by atoms with E-state index >= 15 is 0 Å². The van der Waals surface area contributed by atoms with Crippen molar-refractivity contribution in [2.75, 3.05) is 0 Å². The van der Waals surface area contributed by atoms with Gasteiger partial charge in [0.2, 0.25) is 0 Å². The molecule has 0 aliphatic carbocycles. The van der Waals surface area contributed by atoms with E-state index in [2.05, 4.69) is 4.98 Å². The summed E-state index contributed by atoms with van der Waals surface area (Å²) in [7, 11) is 0. The van der Waals surface area contributed by atoms with Gasteiger partial charge in [0, 0.05) is 5.39 Å². The van der Waals surface area contributed by atoms with Crippen molar-refractivity contribution in [3.63, 3.8) is 0 Å². The van der Waals surface area contributed by atoms with Gasteiger partial charge in [-0.2, -0.15) is 0 Å². The van der Waals surface area contributed by atoms with Crippen LogP contribution in [0.15, 0.2) is 60.7 Å². The third kappa shape index (κ3) is 2.85. The zero-order valence-electron chi connectivity index (χ0n) is 10.2. The lowest BCUT2D eigenvalue weighted by molar-refractivity contribution is 0.306. The molecule has 2 nitrogen and oxygen atoms in total. The minimum absolute atomic E-state index is 0.505. The van der Waals surface area contributed by atoms with Gasteiger partial charge >= 0.3 is 0 Å². The van der Waals surface area contributed by atoms with Crippen molar-refractivity contribution in [1.82, 2.24) is 4.98 Å². The first-order chi connectivity index (χ1) is 9.31. The molecule has 3 rings (SSSR count). The van der Waals surface area contributed by atoms with Gasteiger partial charge in [0.1, 0.15) is 17.5 Å². The number of rotatable bonds is 3. The number of aromatic nitrogens is 1. The fourth-order valence-corrected chi connectivity index (χ4v) is 2.06. The van der Waals surface area contributed by atoms with Crippen LogP contribution in [0.25, 0.3) is 10.9 Å². The van der Waals surface area contributed by atoms with Gasteiger partial charge in [0.25, 0.3) is 0 Å². The average molecular weight is 270 g/mol. The van der Waals surface area contributed by atoms with Crippen LogP contribution in [0, 0.1) is 0 Å². The van der Waals surface area contributed by atoms with Crippen molar-refractivity contribution < 1.29 is 4.74 Å². The summed E-state index contributed by atoms with van der Waals surface area (Å²) >= 11 is 5.86. The first kappa shape index (κ1) is 12.0. The van der Waals surface area contributed by atoms with E-state index in [1.165, 1.54) is 0 Å². The molecule has 0 radical (unpaired) electrons. The second-order valence-corrected chi connectivity index (χ2v) is 4.65. The third-order valence-electron chi connectivity index (χ3n) is 2.88. The van der Waals surface area contributed by atoms with E-state index in [1.54, 1.807) is 6.07 Å². The normalized spacial score (nSPS) is 10.6. The summed E-state index contributed by atoms with van der Waals surface area (Å²) < 4.78 is 5.77. The number of fused-ring (bicyclic) bond motifs is 1. The van der Waals surface area contributed by atoms with E-state index in [-0.39, 0.29) is 0 Å². The maximum Gasteiger partial charge on any atom is 0.129 e. The number of benzene rings is 2. The summed E-state index contributed by atoms with van der Waals surface area (Å²) in [5, 5.41) is 1.53. The highest BCUT2D eigenvalue weighted by atomic mass is 35.5. The van der Waals surface area contributed by atoms with Crippen LogP contribution in [0.1, 0.15) is 5.56 Å². The predicted octanol–water partition coefficient (Wildman–Crippen LogP) is 4.47. The highest BCUT2D eigenvalue weighted by Gasteiger charge is 2.00. The molecule has 0 fully saturated rings. The zero-order chi connectivity index (χ0) is 13.1. The Hall–Kier alpha value is -2.06. The summed E-state index contributed by atoms with van der Waals surface area (Å²) in [6.45, 7) is 0.563. The third-order valence-corrected chi connectivity index (χ3v) is 3.09. The van der Waals surface area contributed by atoms with E-state index < -0.39 is 0 Å². The molecule has 3 aromatic rings. The van der Waals surface area contributed by atoms with Gasteiger partial charge in [-0.3, -0.25) is 0 Å². The Morgan fingerprint density at radius 3 is 2.63 bits per heavy atom. The number of hydrogen-bond donors (Lipinski definition) is 0. The molecule has 94 valence electrons. The number of ether oxygens (including phenoxy) is 1. The number of halogens is 1. The second kappa shape index (κ2) is 5.29. The molecule has 0 bridgehead atoms. The van der Waals surface area contributed by atoms with Crippen LogP contribution in [-0.4, -0.2) is 4.98 Å². The van der Waals surface area contributed by atoms with E-state index in [1.807, 2.05) is 54.6 Å². The molecular formula is C16H12ClNO. The molecule has 0 aliphatic heterocycles. The lowest BCUT2D eigenvalue weighted by Crippen LogP contribution is -1.94. The number of pyridine rings is 1. The monoisotopic (exact) mass is 269 g/mol. The van der Waals surface area contributed by atoms with Crippen LogP contribution in [0.2, 0.25) is 5.15 Å². The molecule has 0 amide bonds. The molecule has 1 aromatic heterocycles. The fourth-order valence-electron chi connectivity index (χ4n) is 1.91. The molecule has 19 heavy (non-hydrogen) atoms. The van der Waals surface area contributed by atoms with E-state index in [9.17, 15) is 0 Å². The molecule has 0 atom stereocenters. The van der Waals surface area contributed by atoms with Crippen LogP contribution in [0.5, 0.6) is 5.75 Å². The Balaban J connectivity index is 1.80.